The first kappa shape index (κ1) is 16.6. The summed E-state index contributed by atoms with van der Waals surface area (Å²) in [6, 6.07) is 2.22. The molecule has 1 aliphatic carbocycles. The molecule has 0 aromatic carbocycles. The third-order valence-electron chi connectivity index (χ3n) is 5.22. The van der Waals surface area contributed by atoms with Gasteiger partial charge in [-0.2, -0.15) is 0 Å². The Labute approximate surface area is 150 Å². The van der Waals surface area contributed by atoms with E-state index in [2.05, 4.69) is 10.2 Å². The predicted octanol–water partition coefficient (Wildman–Crippen LogP) is 2.51. The van der Waals surface area contributed by atoms with Crippen molar-refractivity contribution in [1.29, 1.82) is 0 Å². The van der Waals surface area contributed by atoms with Crippen molar-refractivity contribution in [1.82, 2.24) is 14.9 Å². The number of nitrogens with one attached hydrogen (secondary N) is 1. The maximum atomic E-state index is 12.9. The largest absolute Gasteiger partial charge is 0.353 e. The third kappa shape index (κ3) is 3.42. The Morgan fingerprint density at radius 1 is 1.24 bits per heavy atom. The second kappa shape index (κ2) is 7.15. The number of hydrogen-bond acceptors (Lipinski definition) is 5. The van der Waals surface area contributed by atoms with Crippen molar-refractivity contribution in [2.24, 2.45) is 0 Å². The molecular weight excluding hydrogens is 336 g/mol. The van der Waals surface area contributed by atoms with E-state index in [9.17, 15) is 9.59 Å². The first-order valence-corrected chi connectivity index (χ1v) is 10.1. The number of carbonyl (C=O) groups is 1. The van der Waals surface area contributed by atoms with E-state index in [1.807, 2.05) is 11.4 Å². The Hall–Kier alpha value is -1.89. The van der Waals surface area contributed by atoms with Crippen molar-refractivity contribution < 1.29 is 4.79 Å². The van der Waals surface area contributed by atoms with Crippen molar-refractivity contribution in [2.45, 2.75) is 57.5 Å². The van der Waals surface area contributed by atoms with Gasteiger partial charge in [0.05, 0.1) is 5.52 Å². The van der Waals surface area contributed by atoms with Gasteiger partial charge < -0.3 is 10.2 Å². The average Bonchev–Trinajstić information content (AvgIpc) is 3.35. The summed E-state index contributed by atoms with van der Waals surface area (Å²) in [7, 11) is 0. The Kier molecular flexibility index (Phi) is 4.74. The molecule has 7 heteroatoms. The summed E-state index contributed by atoms with van der Waals surface area (Å²) in [4.78, 5) is 32.1. The molecule has 2 aromatic heterocycles. The summed E-state index contributed by atoms with van der Waals surface area (Å²) in [5.74, 6) is 0.763. The number of carbonyl (C=O) groups excluding carboxylic acids is 1. The topological polar surface area (TPSA) is 67.2 Å². The van der Waals surface area contributed by atoms with Crippen LogP contribution < -0.4 is 15.8 Å². The summed E-state index contributed by atoms with van der Waals surface area (Å²) in [5.41, 5.74) is 0.749. The molecule has 6 nitrogen and oxygen atoms in total. The number of amides is 1. The zero-order chi connectivity index (χ0) is 17.2. The van der Waals surface area contributed by atoms with Crippen LogP contribution in [0.1, 0.15) is 44.9 Å². The molecule has 2 aliphatic rings. The van der Waals surface area contributed by atoms with Gasteiger partial charge in [0.1, 0.15) is 4.70 Å². The van der Waals surface area contributed by atoms with E-state index in [1.54, 1.807) is 4.57 Å². The van der Waals surface area contributed by atoms with Gasteiger partial charge in [0.2, 0.25) is 11.9 Å². The molecule has 4 rings (SSSR count). The van der Waals surface area contributed by atoms with E-state index < -0.39 is 0 Å². The normalized spacial score (nSPS) is 18.3. The average molecular weight is 360 g/mol. The lowest BCUT2D eigenvalue weighted by atomic mass is 10.2. The van der Waals surface area contributed by atoms with Crippen molar-refractivity contribution in [2.75, 3.05) is 18.0 Å². The molecule has 1 saturated heterocycles. The van der Waals surface area contributed by atoms with Crippen molar-refractivity contribution in [3.8, 4) is 0 Å². The molecule has 1 saturated carbocycles. The minimum Gasteiger partial charge on any atom is -0.353 e. The minimum atomic E-state index is -0.0180. The fourth-order valence-corrected chi connectivity index (χ4v) is 4.65. The standard InChI is InChI=1S/C18H24N4O2S/c23-15(19-13-5-1-2-6-13)7-11-22-17(24)16-14(8-12-25-16)20-18(22)21-9-3-4-10-21/h8,12-13H,1-7,9-11H2,(H,19,23). The Bertz CT molecular complexity index is 816. The zero-order valence-corrected chi connectivity index (χ0v) is 15.2. The summed E-state index contributed by atoms with van der Waals surface area (Å²) in [6.07, 6.45) is 7.13. The lowest BCUT2D eigenvalue weighted by Crippen LogP contribution is -2.35. The summed E-state index contributed by atoms with van der Waals surface area (Å²) in [6.45, 7) is 2.25. The van der Waals surface area contributed by atoms with E-state index in [1.165, 1.54) is 24.2 Å². The Morgan fingerprint density at radius 2 is 2.00 bits per heavy atom. The summed E-state index contributed by atoms with van der Waals surface area (Å²) >= 11 is 1.42. The quantitative estimate of drug-likeness (QED) is 0.890. The molecule has 0 unspecified atom stereocenters. The number of rotatable bonds is 5. The number of nitrogens with zero attached hydrogens (tertiary/aromatic N) is 3. The summed E-state index contributed by atoms with van der Waals surface area (Å²) in [5, 5.41) is 5.01. The molecule has 1 amide bonds. The lowest BCUT2D eigenvalue weighted by molar-refractivity contribution is -0.122. The molecule has 134 valence electrons. The van der Waals surface area contributed by atoms with Gasteiger partial charge in [0.25, 0.3) is 5.56 Å². The van der Waals surface area contributed by atoms with Gasteiger partial charge in [0, 0.05) is 32.1 Å². The van der Waals surface area contributed by atoms with E-state index in [-0.39, 0.29) is 11.5 Å². The second-order valence-electron chi connectivity index (χ2n) is 7.00. The van der Waals surface area contributed by atoms with Gasteiger partial charge in [-0.15, -0.1) is 11.3 Å². The first-order chi connectivity index (χ1) is 12.2. The van der Waals surface area contributed by atoms with E-state index in [0.29, 0.717) is 23.7 Å². The SMILES string of the molecule is O=C(CCn1c(N2CCCC2)nc2ccsc2c1=O)NC1CCCC1. The molecule has 0 spiro atoms. The first-order valence-electron chi connectivity index (χ1n) is 9.25. The van der Waals surface area contributed by atoms with Crippen LogP contribution in [0.15, 0.2) is 16.2 Å². The molecule has 1 aliphatic heterocycles. The monoisotopic (exact) mass is 360 g/mol. The maximum absolute atomic E-state index is 12.9. The fourth-order valence-electron chi connectivity index (χ4n) is 3.88. The number of anilines is 1. The number of aromatic nitrogens is 2. The molecule has 0 atom stereocenters. The minimum absolute atomic E-state index is 0.0180. The van der Waals surface area contributed by atoms with E-state index in [4.69, 9.17) is 4.98 Å². The lowest BCUT2D eigenvalue weighted by Gasteiger charge is -2.21. The zero-order valence-electron chi connectivity index (χ0n) is 14.4. The Morgan fingerprint density at radius 3 is 2.76 bits per heavy atom. The van der Waals surface area contributed by atoms with E-state index >= 15 is 0 Å². The van der Waals surface area contributed by atoms with E-state index in [0.717, 1.165) is 50.2 Å². The van der Waals surface area contributed by atoms with Crippen molar-refractivity contribution >= 4 is 33.4 Å². The highest BCUT2D eigenvalue weighted by atomic mass is 32.1. The molecule has 0 bridgehead atoms. The molecule has 2 aromatic rings. The van der Waals surface area contributed by atoms with Crippen LogP contribution >= 0.6 is 11.3 Å². The molecule has 25 heavy (non-hydrogen) atoms. The van der Waals surface area contributed by atoms with Crippen LogP contribution in [0.4, 0.5) is 5.95 Å². The van der Waals surface area contributed by atoms with Gasteiger partial charge in [0.15, 0.2) is 0 Å². The molecule has 3 heterocycles. The summed E-state index contributed by atoms with van der Waals surface area (Å²) < 4.78 is 2.39. The highest BCUT2D eigenvalue weighted by Crippen LogP contribution is 2.22. The third-order valence-corrected chi connectivity index (χ3v) is 6.11. The highest BCUT2D eigenvalue weighted by molar-refractivity contribution is 7.17. The predicted molar refractivity (Wildman–Crippen MR) is 100 cm³/mol. The molecule has 0 radical (unpaired) electrons. The molecule has 2 fully saturated rings. The van der Waals surface area contributed by atoms with Crippen LogP contribution in [-0.2, 0) is 11.3 Å². The van der Waals surface area contributed by atoms with Crippen LogP contribution in [0.3, 0.4) is 0 Å². The molecule has 1 N–H and O–H groups in total. The van der Waals surface area contributed by atoms with Gasteiger partial charge >= 0.3 is 0 Å². The second-order valence-corrected chi connectivity index (χ2v) is 7.91. The Balaban J connectivity index is 1.56. The molecular formula is C18H24N4O2S. The van der Waals surface area contributed by atoms with Crippen LogP contribution in [0, 0.1) is 0 Å². The highest BCUT2D eigenvalue weighted by Gasteiger charge is 2.22. The number of thiophene rings is 1. The van der Waals surface area contributed by atoms with Crippen LogP contribution in [0.25, 0.3) is 10.2 Å². The van der Waals surface area contributed by atoms with Gasteiger partial charge in [-0.25, -0.2) is 4.98 Å². The number of hydrogen-bond donors (Lipinski definition) is 1. The number of fused-ring (bicyclic) bond motifs is 1. The smallest absolute Gasteiger partial charge is 0.272 e. The van der Waals surface area contributed by atoms with Gasteiger partial charge in [-0.1, -0.05) is 12.8 Å². The van der Waals surface area contributed by atoms with Gasteiger partial charge in [-0.3, -0.25) is 14.2 Å². The van der Waals surface area contributed by atoms with Crippen LogP contribution in [0.5, 0.6) is 0 Å². The fraction of sp³-hybridized carbons (Fsp3) is 0.611. The maximum Gasteiger partial charge on any atom is 0.272 e. The van der Waals surface area contributed by atoms with Crippen molar-refractivity contribution in [3.05, 3.63) is 21.8 Å². The van der Waals surface area contributed by atoms with Crippen LogP contribution in [-0.4, -0.2) is 34.6 Å². The van der Waals surface area contributed by atoms with Crippen molar-refractivity contribution in [3.63, 3.8) is 0 Å². The van der Waals surface area contributed by atoms with Crippen LogP contribution in [0.2, 0.25) is 0 Å². The van der Waals surface area contributed by atoms with Gasteiger partial charge in [-0.05, 0) is 37.1 Å².